The van der Waals surface area contributed by atoms with Crippen molar-refractivity contribution >= 4 is 27.5 Å². The molecule has 3 aromatic rings. The third-order valence-corrected chi connectivity index (χ3v) is 4.60. The lowest BCUT2D eigenvalue weighted by Crippen LogP contribution is -2.30. The predicted octanol–water partition coefficient (Wildman–Crippen LogP) is 3.64. The van der Waals surface area contributed by atoms with E-state index in [1.54, 1.807) is 20.8 Å². The first-order chi connectivity index (χ1) is 11.5. The van der Waals surface area contributed by atoms with Crippen LogP contribution < -0.4 is 5.56 Å². The number of carbonyl (C=O) groups excluding carboxylic acids is 1. The summed E-state index contributed by atoms with van der Waals surface area (Å²) in [7, 11) is 0. The second-order valence-electron chi connectivity index (χ2n) is 5.81. The molecule has 0 fully saturated rings. The van der Waals surface area contributed by atoms with Gasteiger partial charge < -0.3 is 4.74 Å². The van der Waals surface area contributed by atoms with E-state index in [4.69, 9.17) is 4.74 Å². The standard InChI is InChI=1S/C18H18N2O3S/c1-11(2)23-18(22)12(3)20-10-19-16-15(17(20)21)14(9-24-16)13-7-5-4-6-8-13/h4-12H,1-3H3/t12-/m0/s1. The van der Waals surface area contributed by atoms with Crippen molar-refractivity contribution < 1.29 is 9.53 Å². The van der Waals surface area contributed by atoms with Crippen LogP contribution in [0.1, 0.15) is 26.8 Å². The number of benzene rings is 1. The van der Waals surface area contributed by atoms with Crippen molar-refractivity contribution in [3.05, 3.63) is 52.4 Å². The molecule has 3 rings (SSSR count). The molecule has 124 valence electrons. The molecular weight excluding hydrogens is 324 g/mol. The molecule has 0 spiro atoms. The Balaban J connectivity index is 2.11. The third kappa shape index (κ3) is 2.97. The van der Waals surface area contributed by atoms with E-state index in [2.05, 4.69) is 4.98 Å². The van der Waals surface area contributed by atoms with Crippen molar-refractivity contribution in [1.29, 1.82) is 0 Å². The molecule has 0 saturated carbocycles. The second-order valence-corrected chi connectivity index (χ2v) is 6.67. The first-order valence-electron chi connectivity index (χ1n) is 7.73. The topological polar surface area (TPSA) is 61.2 Å². The number of aromatic nitrogens is 2. The van der Waals surface area contributed by atoms with Crippen LogP contribution in [0, 0.1) is 0 Å². The number of nitrogens with zero attached hydrogens (tertiary/aromatic N) is 2. The lowest BCUT2D eigenvalue weighted by Gasteiger charge is -2.16. The van der Waals surface area contributed by atoms with Gasteiger partial charge in [0.25, 0.3) is 5.56 Å². The van der Waals surface area contributed by atoms with Crippen molar-refractivity contribution in [2.75, 3.05) is 0 Å². The lowest BCUT2D eigenvalue weighted by atomic mass is 10.1. The lowest BCUT2D eigenvalue weighted by molar-refractivity contribution is -0.151. The summed E-state index contributed by atoms with van der Waals surface area (Å²) in [6.07, 6.45) is 1.19. The molecule has 5 nitrogen and oxygen atoms in total. The Morgan fingerprint density at radius 1 is 1.21 bits per heavy atom. The molecule has 2 heterocycles. The summed E-state index contributed by atoms with van der Waals surface area (Å²) in [6, 6.07) is 8.97. The van der Waals surface area contributed by atoms with E-state index in [0.29, 0.717) is 10.2 Å². The van der Waals surface area contributed by atoms with Crippen LogP contribution in [0.2, 0.25) is 0 Å². The summed E-state index contributed by atoms with van der Waals surface area (Å²) in [4.78, 5) is 30.1. The molecule has 2 aromatic heterocycles. The quantitative estimate of drug-likeness (QED) is 0.679. The largest absolute Gasteiger partial charge is 0.461 e. The Hall–Kier alpha value is -2.47. The number of hydrogen-bond acceptors (Lipinski definition) is 5. The molecule has 0 bridgehead atoms. The highest BCUT2D eigenvalue weighted by molar-refractivity contribution is 7.17. The van der Waals surface area contributed by atoms with Crippen LogP contribution in [-0.2, 0) is 9.53 Å². The first kappa shape index (κ1) is 16.4. The summed E-state index contributed by atoms with van der Waals surface area (Å²) in [5.74, 6) is -0.440. The highest BCUT2D eigenvalue weighted by Gasteiger charge is 2.21. The van der Waals surface area contributed by atoms with Gasteiger partial charge in [-0.3, -0.25) is 9.36 Å². The highest BCUT2D eigenvalue weighted by atomic mass is 32.1. The number of esters is 1. The maximum atomic E-state index is 12.9. The minimum absolute atomic E-state index is 0.228. The fourth-order valence-electron chi connectivity index (χ4n) is 2.50. The summed E-state index contributed by atoms with van der Waals surface area (Å²) in [5.41, 5.74) is 1.57. The number of fused-ring (bicyclic) bond motifs is 1. The van der Waals surface area contributed by atoms with Crippen molar-refractivity contribution in [2.45, 2.75) is 32.9 Å². The maximum absolute atomic E-state index is 12.9. The van der Waals surface area contributed by atoms with Gasteiger partial charge in [0.1, 0.15) is 10.9 Å². The molecule has 1 atom stereocenters. The molecule has 0 N–H and O–H groups in total. The average Bonchev–Trinajstić information content (AvgIpc) is 3.00. The van der Waals surface area contributed by atoms with Gasteiger partial charge in [0, 0.05) is 10.9 Å². The smallest absolute Gasteiger partial charge is 0.329 e. The Bertz CT molecular complexity index is 928. The van der Waals surface area contributed by atoms with Crippen molar-refractivity contribution in [2.24, 2.45) is 0 Å². The van der Waals surface area contributed by atoms with Gasteiger partial charge in [-0.1, -0.05) is 30.3 Å². The summed E-state index contributed by atoms with van der Waals surface area (Å²) in [6.45, 7) is 5.20. The number of hydrogen-bond donors (Lipinski definition) is 0. The molecule has 0 aliphatic heterocycles. The van der Waals surface area contributed by atoms with Crippen LogP contribution in [0.4, 0.5) is 0 Å². The van der Waals surface area contributed by atoms with Gasteiger partial charge >= 0.3 is 5.97 Å². The number of ether oxygens (including phenoxy) is 1. The predicted molar refractivity (Wildman–Crippen MR) is 95.3 cm³/mol. The summed E-state index contributed by atoms with van der Waals surface area (Å²) < 4.78 is 6.55. The van der Waals surface area contributed by atoms with Crippen LogP contribution >= 0.6 is 11.3 Å². The second kappa shape index (κ2) is 6.57. The molecule has 0 saturated heterocycles. The normalized spacial score (nSPS) is 12.5. The maximum Gasteiger partial charge on any atom is 0.329 e. The Morgan fingerprint density at radius 2 is 1.92 bits per heavy atom. The average molecular weight is 342 g/mol. The first-order valence-corrected chi connectivity index (χ1v) is 8.61. The number of rotatable bonds is 4. The zero-order valence-corrected chi connectivity index (χ0v) is 14.5. The fraction of sp³-hybridized carbons (Fsp3) is 0.278. The van der Waals surface area contributed by atoms with Crippen LogP contribution in [0.5, 0.6) is 0 Å². The van der Waals surface area contributed by atoms with Crippen molar-refractivity contribution in [3.63, 3.8) is 0 Å². The zero-order chi connectivity index (χ0) is 17.3. The van der Waals surface area contributed by atoms with Crippen molar-refractivity contribution in [1.82, 2.24) is 9.55 Å². The minimum atomic E-state index is -0.722. The molecule has 24 heavy (non-hydrogen) atoms. The van der Waals surface area contributed by atoms with E-state index in [1.807, 2.05) is 35.7 Å². The van der Waals surface area contributed by atoms with Gasteiger partial charge in [-0.2, -0.15) is 0 Å². The van der Waals surface area contributed by atoms with Gasteiger partial charge in [0.05, 0.1) is 17.8 Å². The van der Waals surface area contributed by atoms with E-state index in [-0.39, 0.29) is 11.7 Å². The Labute approximate surface area is 143 Å². The fourth-order valence-corrected chi connectivity index (χ4v) is 3.40. The van der Waals surface area contributed by atoms with Gasteiger partial charge in [-0.05, 0) is 26.3 Å². The van der Waals surface area contributed by atoms with Gasteiger partial charge in [-0.25, -0.2) is 9.78 Å². The molecule has 6 heteroatoms. The van der Waals surface area contributed by atoms with E-state index in [0.717, 1.165) is 11.1 Å². The molecule has 0 amide bonds. The van der Waals surface area contributed by atoms with Crippen LogP contribution in [-0.4, -0.2) is 21.6 Å². The highest BCUT2D eigenvalue weighted by Crippen LogP contribution is 2.30. The molecular formula is C18H18N2O3S. The van der Waals surface area contributed by atoms with Gasteiger partial charge in [0.15, 0.2) is 0 Å². The van der Waals surface area contributed by atoms with Crippen molar-refractivity contribution in [3.8, 4) is 11.1 Å². The van der Waals surface area contributed by atoms with E-state index >= 15 is 0 Å². The van der Waals surface area contributed by atoms with E-state index < -0.39 is 12.0 Å². The number of carbonyl (C=O) groups is 1. The van der Waals surface area contributed by atoms with Gasteiger partial charge in [0.2, 0.25) is 0 Å². The Morgan fingerprint density at radius 3 is 2.58 bits per heavy atom. The molecule has 1 aromatic carbocycles. The van der Waals surface area contributed by atoms with Gasteiger partial charge in [-0.15, -0.1) is 11.3 Å². The minimum Gasteiger partial charge on any atom is -0.461 e. The molecule has 0 radical (unpaired) electrons. The summed E-state index contributed by atoms with van der Waals surface area (Å²) >= 11 is 1.42. The van der Waals surface area contributed by atoms with Crippen LogP contribution in [0.3, 0.4) is 0 Å². The Kier molecular flexibility index (Phi) is 4.49. The SMILES string of the molecule is CC(C)OC(=O)[C@H](C)n1cnc2scc(-c3ccccc3)c2c1=O. The summed E-state index contributed by atoms with van der Waals surface area (Å²) in [5, 5.41) is 2.47. The zero-order valence-electron chi connectivity index (χ0n) is 13.7. The third-order valence-electron chi connectivity index (χ3n) is 3.71. The van der Waals surface area contributed by atoms with Crippen LogP contribution in [0.25, 0.3) is 21.3 Å². The molecule has 0 aliphatic rings. The van der Waals surface area contributed by atoms with Crippen LogP contribution in [0.15, 0.2) is 46.8 Å². The molecule has 0 unspecified atom stereocenters. The van der Waals surface area contributed by atoms with E-state index in [9.17, 15) is 9.59 Å². The molecule has 0 aliphatic carbocycles. The number of thiophene rings is 1. The monoisotopic (exact) mass is 342 g/mol. The van der Waals surface area contributed by atoms with E-state index in [1.165, 1.54) is 22.2 Å².